The van der Waals surface area contributed by atoms with Gasteiger partial charge in [-0.1, -0.05) is 37.6 Å². The fourth-order valence-corrected chi connectivity index (χ4v) is 5.08. The third-order valence-electron chi connectivity index (χ3n) is 4.67. The molecular weight excluding hydrogens is 605 g/mol. The molecule has 5 rings (SSSR count). The monoisotopic (exact) mass is 628 g/mol. The van der Waals surface area contributed by atoms with Gasteiger partial charge in [0.25, 0.3) is 0 Å². The Morgan fingerprint density at radius 2 is 1.89 bits per heavy atom. The van der Waals surface area contributed by atoms with Crippen molar-refractivity contribution in [1.29, 1.82) is 0 Å². The van der Waals surface area contributed by atoms with E-state index in [2.05, 4.69) is 62.6 Å². The van der Waals surface area contributed by atoms with Crippen LogP contribution in [0, 0.1) is 25.8 Å². The Labute approximate surface area is 203 Å². The number of hydrogen-bond acceptors (Lipinski definition) is 2. The van der Waals surface area contributed by atoms with Crippen LogP contribution in [-0.2, 0) is 59.2 Å². The Balaban J connectivity index is 0.000000871. The van der Waals surface area contributed by atoms with Crippen LogP contribution in [0.25, 0.3) is 36.7 Å². The van der Waals surface area contributed by atoms with Gasteiger partial charge in [0.15, 0.2) is 0 Å². The van der Waals surface area contributed by atoms with E-state index in [-0.39, 0.29) is 65.7 Å². The average molecular weight is 628 g/mol. The standard InChI is InChI=1S/C21H19N2S.CH3.Ir.Y/c1-12-11-23-15-9-8-13(10-21(2,3)4)19-18(15)17-14(20(23)22-12)6-5-7-16(17)24-19;;;/h5,7-9,11H,10H2,1-4H3;1H3;;/q2*-1;;. The van der Waals surface area contributed by atoms with Gasteiger partial charge in [-0.2, -0.15) is 11.3 Å². The van der Waals surface area contributed by atoms with Crippen LogP contribution < -0.4 is 0 Å². The van der Waals surface area contributed by atoms with E-state index in [1.807, 2.05) is 17.4 Å². The van der Waals surface area contributed by atoms with E-state index in [0.717, 1.165) is 23.1 Å². The number of benzene rings is 2. The van der Waals surface area contributed by atoms with Gasteiger partial charge >= 0.3 is 0 Å². The molecular formula is C22H22IrN2SY-2. The zero-order chi connectivity index (χ0) is 16.6. The maximum Gasteiger partial charge on any atom is 0.0612 e. The van der Waals surface area contributed by atoms with Crippen LogP contribution in [0.4, 0.5) is 0 Å². The fourth-order valence-electron chi connectivity index (χ4n) is 3.84. The third-order valence-corrected chi connectivity index (χ3v) is 5.90. The molecule has 0 saturated carbocycles. The molecule has 3 heterocycles. The van der Waals surface area contributed by atoms with Crippen LogP contribution in [0.3, 0.4) is 0 Å². The zero-order valence-electron chi connectivity index (χ0n) is 16.3. The van der Waals surface area contributed by atoms with Crippen molar-refractivity contribution in [2.75, 3.05) is 0 Å². The number of thiophene rings is 1. The van der Waals surface area contributed by atoms with Gasteiger partial charge in [-0.15, -0.1) is 18.2 Å². The molecule has 2 radical (unpaired) electrons. The number of fused-ring (bicyclic) bond motifs is 3. The van der Waals surface area contributed by atoms with Gasteiger partial charge in [0, 0.05) is 74.9 Å². The van der Waals surface area contributed by atoms with Crippen molar-refractivity contribution in [3.8, 4) is 0 Å². The summed E-state index contributed by atoms with van der Waals surface area (Å²) in [6.07, 6.45) is 3.23. The van der Waals surface area contributed by atoms with Gasteiger partial charge in [0.1, 0.15) is 0 Å². The van der Waals surface area contributed by atoms with E-state index in [1.54, 1.807) is 0 Å². The summed E-state index contributed by atoms with van der Waals surface area (Å²) in [5.74, 6) is 0. The normalized spacial score (nSPS) is 11.7. The zero-order valence-corrected chi connectivity index (χ0v) is 22.4. The molecule has 3 aromatic heterocycles. The van der Waals surface area contributed by atoms with E-state index < -0.39 is 0 Å². The van der Waals surface area contributed by atoms with Crippen LogP contribution in [0.15, 0.2) is 30.5 Å². The molecule has 5 aromatic rings. The topological polar surface area (TPSA) is 17.3 Å². The number of aromatic nitrogens is 2. The SMILES string of the molecule is Cc1cn2c3ccc(CC(C)(C)C)c4sc5cc[c-]c(c5c43)c2n1.[CH3-].[Ir].[Y]. The van der Waals surface area contributed by atoms with Crippen molar-refractivity contribution < 1.29 is 52.8 Å². The molecule has 0 aliphatic carbocycles. The first kappa shape index (κ1) is 22.9. The van der Waals surface area contributed by atoms with Crippen molar-refractivity contribution >= 4 is 48.1 Å². The Bertz CT molecular complexity index is 1230. The summed E-state index contributed by atoms with van der Waals surface area (Å²) in [6.45, 7) is 8.98. The first-order chi connectivity index (χ1) is 11.4. The number of hydrogen-bond donors (Lipinski definition) is 0. The van der Waals surface area contributed by atoms with E-state index in [1.165, 1.54) is 31.3 Å². The maximum atomic E-state index is 4.76. The summed E-state index contributed by atoms with van der Waals surface area (Å²) in [6, 6.07) is 12.3. The minimum Gasteiger partial charge on any atom is -0.358 e. The number of nitrogens with zero attached hydrogens (tertiary/aromatic N) is 2. The van der Waals surface area contributed by atoms with Crippen LogP contribution in [0.2, 0.25) is 0 Å². The predicted molar refractivity (Wildman–Crippen MR) is 110 cm³/mol. The van der Waals surface area contributed by atoms with Crippen molar-refractivity contribution in [3.05, 3.63) is 55.2 Å². The molecule has 140 valence electrons. The molecule has 0 amide bonds. The summed E-state index contributed by atoms with van der Waals surface area (Å²) < 4.78 is 5.01. The van der Waals surface area contributed by atoms with Crippen LogP contribution in [0.5, 0.6) is 0 Å². The second-order valence-corrected chi connectivity index (χ2v) is 9.01. The number of aryl methyl sites for hydroxylation is 1. The first-order valence-electron chi connectivity index (χ1n) is 8.38. The molecule has 0 unspecified atom stereocenters. The summed E-state index contributed by atoms with van der Waals surface area (Å²) >= 11 is 1.91. The quantitative estimate of drug-likeness (QED) is 0.155. The summed E-state index contributed by atoms with van der Waals surface area (Å²) in [5, 5.41) is 3.86. The van der Waals surface area contributed by atoms with Gasteiger partial charge in [-0.05, 0) is 40.5 Å². The van der Waals surface area contributed by atoms with Crippen LogP contribution in [0.1, 0.15) is 32.0 Å². The van der Waals surface area contributed by atoms with Crippen LogP contribution in [-0.4, -0.2) is 9.38 Å². The molecule has 0 saturated heterocycles. The molecule has 0 aliphatic rings. The van der Waals surface area contributed by atoms with Gasteiger partial charge in [0.05, 0.1) is 5.65 Å². The van der Waals surface area contributed by atoms with Crippen molar-refractivity contribution in [1.82, 2.24) is 9.38 Å². The van der Waals surface area contributed by atoms with E-state index >= 15 is 0 Å². The maximum absolute atomic E-state index is 4.76. The second kappa shape index (κ2) is 7.80. The Kier molecular flexibility index (Phi) is 6.62. The molecule has 0 spiro atoms. The van der Waals surface area contributed by atoms with Crippen LogP contribution >= 0.6 is 11.3 Å². The predicted octanol–water partition coefficient (Wildman–Crippen LogP) is 6.44. The molecule has 2 nitrogen and oxygen atoms in total. The molecule has 5 heteroatoms. The number of pyridine rings is 1. The Morgan fingerprint density at radius 1 is 1.15 bits per heavy atom. The van der Waals surface area contributed by atoms with E-state index in [4.69, 9.17) is 4.98 Å². The summed E-state index contributed by atoms with van der Waals surface area (Å²) in [7, 11) is 0. The molecule has 2 aromatic carbocycles. The molecule has 0 N–H and O–H groups in total. The van der Waals surface area contributed by atoms with Crippen molar-refractivity contribution in [3.63, 3.8) is 0 Å². The van der Waals surface area contributed by atoms with Gasteiger partial charge in [-0.25, -0.2) is 0 Å². The first-order valence-corrected chi connectivity index (χ1v) is 9.19. The number of rotatable bonds is 1. The minimum atomic E-state index is 0. The Morgan fingerprint density at radius 3 is 2.59 bits per heavy atom. The average Bonchev–Trinajstić information content (AvgIpc) is 3.07. The third kappa shape index (κ3) is 3.53. The van der Waals surface area contributed by atoms with Crippen molar-refractivity contribution in [2.24, 2.45) is 5.41 Å². The smallest absolute Gasteiger partial charge is 0.0612 e. The molecule has 27 heavy (non-hydrogen) atoms. The second-order valence-electron chi connectivity index (χ2n) is 7.96. The molecule has 0 fully saturated rings. The van der Waals surface area contributed by atoms with E-state index in [0.29, 0.717) is 0 Å². The molecule has 0 bridgehead atoms. The molecule has 0 atom stereocenters. The Hall–Kier alpha value is -0.377. The van der Waals surface area contributed by atoms with Crippen molar-refractivity contribution in [2.45, 2.75) is 34.1 Å². The van der Waals surface area contributed by atoms with Gasteiger partial charge in [-0.3, -0.25) is 4.98 Å². The number of imidazole rings is 1. The molecule has 0 aliphatic heterocycles. The van der Waals surface area contributed by atoms with Gasteiger partial charge < -0.3 is 11.8 Å². The summed E-state index contributed by atoms with van der Waals surface area (Å²) in [5.41, 5.74) is 5.07. The largest absolute Gasteiger partial charge is 0.358 e. The van der Waals surface area contributed by atoms with E-state index in [9.17, 15) is 0 Å². The van der Waals surface area contributed by atoms with Gasteiger partial charge in [0.2, 0.25) is 0 Å². The summed E-state index contributed by atoms with van der Waals surface area (Å²) in [4.78, 5) is 4.76. The fraction of sp³-hybridized carbons (Fsp3) is 0.273. The minimum absolute atomic E-state index is 0.